The van der Waals surface area contributed by atoms with Gasteiger partial charge in [-0.2, -0.15) is 0 Å². The summed E-state index contributed by atoms with van der Waals surface area (Å²) < 4.78 is 1.02. The maximum absolute atomic E-state index is 5.37. The van der Waals surface area contributed by atoms with E-state index in [2.05, 4.69) is 37.8 Å². The predicted molar refractivity (Wildman–Crippen MR) is 75.9 cm³/mol. The van der Waals surface area contributed by atoms with E-state index in [1.807, 2.05) is 11.3 Å². The van der Waals surface area contributed by atoms with Crippen molar-refractivity contribution in [1.82, 2.24) is 4.90 Å². The molecule has 1 heterocycles. The number of thioether (sulfide) groups is 1. The molecule has 0 aromatic carbocycles. The highest BCUT2D eigenvalue weighted by Gasteiger charge is 2.06. The summed E-state index contributed by atoms with van der Waals surface area (Å²) in [6, 6.07) is 4.36. The Morgan fingerprint density at radius 3 is 2.53 bits per heavy atom. The number of aryl methyl sites for hydroxylation is 1. The second kappa shape index (κ2) is 6.51. The maximum atomic E-state index is 5.37. The Bertz CT molecular complexity index is 315. The lowest BCUT2D eigenvalue weighted by atomic mass is 10.5. The number of nitrogens with zero attached hydrogens (tertiary/aromatic N) is 1. The monoisotopic (exact) mass is 259 g/mol. The average molecular weight is 259 g/mol. The molecule has 0 N–H and O–H groups in total. The third-order valence-electron chi connectivity index (χ3n) is 2.16. The topological polar surface area (TPSA) is 3.24 Å². The Balaban J connectivity index is 2.40. The van der Waals surface area contributed by atoms with Crippen LogP contribution >= 0.6 is 35.3 Å². The van der Waals surface area contributed by atoms with Gasteiger partial charge in [-0.15, -0.1) is 11.3 Å². The minimum atomic E-state index is 1.01. The molecule has 0 atom stereocenters. The third kappa shape index (κ3) is 4.13. The molecule has 0 bridgehead atoms. The summed E-state index contributed by atoms with van der Waals surface area (Å²) in [5.74, 6) is 1.01. The molecule has 84 valence electrons. The van der Waals surface area contributed by atoms with E-state index in [-0.39, 0.29) is 0 Å². The quantitative estimate of drug-likeness (QED) is 0.755. The molecule has 0 saturated heterocycles. The smallest absolute Gasteiger partial charge is 0.136 e. The van der Waals surface area contributed by atoms with Gasteiger partial charge in [-0.25, -0.2) is 0 Å². The van der Waals surface area contributed by atoms with E-state index in [0.29, 0.717) is 0 Å². The van der Waals surface area contributed by atoms with Gasteiger partial charge in [0.1, 0.15) is 4.32 Å². The first-order valence-electron chi connectivity index (χ1n) is 5.14. The first-order valence-corrected chi connectivity index (χ1v) is 7.35. The van der Waals surface area contributed by atoms with Crippen LogP contribution in [0.25, 0.3) is 0 Å². The van der Waals surface area contributed by atoms with E-state index in [4.69, 9.17) is 12.2 Å². The van der Waals surface area contributed by atoms with Gasteiger partial charge in [0.05, 0.1) is 0 Å². The van der Waals surface area contributed by atoms with Crippen molar-refractivity contribution in [3.05, 3.63) is 21.9 Å². The number of hydrogen-bond donors (Lipinski definition) is 0. The lowest BCUT2D eigenvalue weighted by Gasteiger charge is -2.20. The third-order valence-corrected chi connectivity index (χ3v) is 4.91. The van der Waals surface area contributed by atoms with E-state index in [9.17, 15) is 0 Å². The van der Waals surface area contributed by atoms with Gasteiger partial charge in [0.25, 0.3) is 0 Å². The summed E-state index contributed by atoms with van der Waals surface area (Å²) in [4.78, 5) is 5.01. The molecular formula is C11H17NS3. The van der Waals surface area contributed by atoms with Crippen molar-refractivity contribution in [2.45, 2.75) is 26.5 Å². The molecule has 0 saturated carbocycles. The highest BCUT2D eigenvalue weighted by Crippen LogP contribution is 2.22. The molecule has 0 unspecified atom stereocenters. The van der Waals surface area contributed by atoms with Gasteiger partial charge in [0.2, 0.25) is 0 Å². The molecule has 15 heavy (non-hydrogen) atoms. The van der Waals surface area contributed by atoms with Crippen LogP contribution < -0.4 is 0 Å². The molecule has 0 aliphatic carbocycles. The van der Waals surface area contributed by atoms with E-state index >= 15 is 0 Å². The Morgan fingerprint density at radius 2 is 2.07 bits per heavy atom. The fourth-order valence-corrected chi connectivity index (χ4v) is 3.60. The van der Waals surface area contributed by atoms with Gasteiger partial charge in [0, 0.05) is 28.6 Å². The number of thiophene rings is 1. The number of rotatable bonds is 4. The highest BCUT2D eigenvalue weighted by molar-refractivity contribution is 8.22. The Kier molecular flexibility index (Phi) is 5.64. The zero-order valence-corrected chi connectivity index (χ0v) is 11.9. The van der Waals surface area contributed by atoms with Crippen LogP contribution in [0, 0.1) is 6.92 Å². The minimum absolute atomic E-state index is 1.01. The van der Waals surface area contributed by atoms with E-state index in [1.165, 1.54) is 9.75 Å². The standard InChI is InChI=1S/C11H17NS3/c1-4-12(5-2)11(13)14-8-10-7-6-9(3)15-10/h6-7H,4-5,8H2,1-3H3. The summed E-state index contributed by atoms with van der Waals surface area (Å²) in [6.07, 6.45) is 0. The summed E-state index contributed by atoms with van der Waals surface area (Å²) in [5, 5.41) is 0. The number of thiocarbonyl (C=S) groups is 1. The first kappa shape index (κ1) is 13.0. The summed E-state index contributed by atoms with van der Waals surface area (Å²) in [6.45, 7) is 8.44. The molecule has 0 aliphatic heterocycles. The second-order valence-corrected chi connectivity index (χ2v) is 6.22. The maximum Gasteiger partial charge on any atom is 0.136 e. The summed E-state index contributed by atoms with van der Waals surface area (Å²) >= 11 is 9.00. The van der Waals surface area contributed by atoms with E-state index in [0.717, 1.165) is 23.2 Å². The van der Waals surface area contributed by atoms with Crippen molar-refractivity contribution in [1.29, 1.82) is 0 Å². The number of hydrogen-bond acceptors (Lipinski definition) is 3. The van der Waals surface area contributed by atoms with Crippen LogP contribution in [-0.4, -0.2) is 22.3 Å². The van der Waals surface area contributed by atoms with Gasteiger partial charge in [-0.05, 0) is 32.9 Å². The van der Waals surface area contributed by atoms with Gasteiger partial charge in [0.15, 0.2) is 0 Å². The lowest BCUT2D eigenvalue weighted by molar-refractivity contribution is 0.482. The molecular weight excluding hydrogens is 242 g/mol. The SMILES string of the molecule is CCN(CC)C(=S)SCc1ccc(C)s1. The molecule has 0 fully saturated rings. The molecule has 1 aromatic heterocycles. The van der Waals surface area contributed by atoms with Crippen LogP contribution in [-0.2, 0) is 5.75 Å². The van der Waals surface area contributed by atoms with Crippen LogP contribution in [0.4, 0.5) is 0 Å². The van der Waals surface area contributed by atoms with Gasteiger partial charge < -0.3 is 4.90 Å². The Hall–Kier alpha value is -0.0600. The summed E-state index contributed by atoms with van der Waals surface area (Å²) in [5.41, 5.74) is 0. The van der Waals surface area contributed by atoms with Crippen LogP contribution in [0.1, 0.15) is 23.6 Å². The average Bonchev–Trinajstić information content (AvgIpc) is 2.63. The minimum Gasteiger partial charge on any atom is -0.358 e. The molecule has 0 spiro atoms. The molecule has 1 aromatic rings. The van der Waals surface area contributed by atoms with Crippen molar-refractivity contribution >= 4 is 39.6 Å². The van der Waals surface area contributed by atoms with Gasteiger partial charge in [-0.3, -0.25) is 0 Å². The summed E-state index contributed by atoms with van der Waals surface area (Å²) in [7, 11) is 0. The van der Waals surface area contributed by atoms with Crippen LogP contribution in [0.3, 0.4) is 0 Å². The Labute approximate surface area is 106 Å². The van der Waals surface area contributed by atoms with Crippen molar-refractivity contribution in [2.75, 3.05) is 13.1 Å². The lowest BCUT2D eigenvalue weighted by Crippen LogP contribution is -2.26. The largest absolute Gasteiger partial charge is 0.358 e. The fourth-order valence-electron chi connectivity index (χ4n) is 1.27. The molecule has 1 rings (SSSR count). The van der Waals surface area contributed by atoms with Gasteiger partial charge >= 0.3 is 0 Å². The second-order valence-electron chi connectivity index (χ2n) is 3.24. The van der Waals surface area contributed by atoms with Crippen LogP contribution in [0.2, 0.25) is 0 Å². The van der Waals surface area contributed by atoms with Crippen molar-refractivity contribution < 1.29 is 0 Å². The first-order chi connectivity index (χ1) is 7.17. The molecule has 0 aliphatic rings. The Morgan fingerprint density at radius 1 is 1.40 bits per heavy atom. The van der Waals surface area contributed by atoms with Crippen molar-refractivity contribution in [3.63, 3.8) is 0 Å². The highest BCUT2D eigenvalue weighted by atomic mass is 32.2. The fraction of sp³-hybridized carbons (Fsp3) is 0.545. The van der Waals surface area contributed by atoms with E-state index < -0.39 is 0 Å². The molecule has 0 radical (unpaired) electrons. The zero-order valence-electron chi connectivity index (χ0n) is 9.45. The van der Waals surface area contributed by atoms with Crippen molar-refractivity contribution in [2.24, 2.45) is 0 Å². The van der Waals surface area contributed by atoms with Crippen molar-refractivity contribution in [3.8, 4) is 0 Å². The zero-order chi connectivity index (χ0) is 11.3. The normalized spacial score (nSPS) is 10.3. The molecule has 0 amide bonds. The van der Waals surface area contributed by atoms with Crippen LogP contribution in [0.15, 0.2) is 12.1 Å². The predicted octanol–water partition coefficient (Wildman–Crippen LogP) is 3.92. The molecule has 1 nitrogen and oxygen atoms in total. The van der Waals surface area contributed by atoms with E-state index in [1.54, 1.807) is 11.8 Å². The molecule has 4 heteroatoms. The van der Waals surface area contributed by atoms with Gasteiger partial charge in [-0.1, -0.05) is 24.0 Å². The van der Waals surface area contributed by atoms with Crippen LogP contribution in [0.5, 0.6) is 0 Å².